The van der Waals surface area contributed by atoms with Gasteiger partial charge in [-0.15, -0.1) is 0 Å². The van der Waals surface area contributed by atoms with Crippen LogP contribution in [-0.2, 0) is 9.47 Å². The van der Waals surface area contributed by atoms with Crippen molar-refractivity contribution in [2.45, 2.75) is 44.3 Å². The van der Waals surface area contributed by atoms with Gasteiger partial charge in [-0.3, -0.25) is 0 Å². The van der Waals surface area contributed by atoms with E-state index in [0.29, 0.717) is 0 Å². The highest BCUT2D eigenvalue weighted by atomic mass is 16.5. The minimum Gasteiger partial charge on any atom is -0.488 e. The van der Waals surface area contributed by atoms with Crippen molar-refractivity contribution < 1.29 is 14.2 Å². The molecule has 2 heterocycles. The number of aryl methyl sites for hydroxylation is 1. The zero-order chi connectivity index (χ0) is 14.0. The normalized spacial score (nSPS) is 25.6. The molecule has 2 saturated heterocycles. The molecule has 4 heteroatoms. The molecule has 0 saturated carbocycles. The van der Waals surface area contributed by atoms with Crippen LogP contribution in [0.4, 0.5) is 5.69 Å². The van der Waals surface area contributed by atoms with Gasteiger partial charge in [-0.25, -0.2) is 0 Å². The van der Waals surface area contributed by atoms with Crippen molar-refractivity contribution in [1.82, 2.24) is 0 Å². The monoisotopic (exact) mass is 277 g/mol. The van der Waals surface area contributed by atoms with Crippen LogP contribution in [0, 0.1) is 6.92 Å². The number of nitrogen functional groups attached to an aromatic ring is 1. The zero-order valence-corrected chi connectivity index (χ0v) is 12.1. The van der Waals surface area contributed by atoms with Gasteiger partial charge in [0.1, 0.15) is 11.9 Å². The van der Waals surface area contributed by atoms with Crippen molar-refractivity contribution in [2.75, 3.05) is 25.6 Å². The summed E-state index contributed by atoms with van der Waals surface area (Å²) in [6.07, 6.45) is 3.98. The number of ether oxygens (including phenoxy) is 3. The minimum atomic E-state index is -0.0430. The summed E-state index contributed by atoms with van der Waals surface area (Å²) in [4.78, 5) is 0. The second-order valence-corrected chi connectivity index (χ2v) is 5.87. The van der Waals surface area contributed by atoms with E-state index in [1.807, 2.05) is 25.1 Å². The predicted molar refractivity (Wildman–Crippen MR) is 78.0 cm³/mol. The minimum absolute atomic E-state index is 0.0430. The zero-order valence-electron chi connectivity index (χ0n) is 12.1. The first-order chi connectivity index (χ1) is 9.69. The number of hydrogen-bond donors (Lipinski definition) is 1. The Labute approximate surface area is 120 Å². The Morgan fingerprint density at radius 1 is 1.25 bits per heavy atom. The molecule has 0 amide bonds. The fraction of sp³-hybridized carbons (Fsp3) is 0.625. The fourth-order valence-corrected chi connectivity index (χ4v) is 3.18. The van der Waals surface area contributed by atoms with Crippen molar-refractivity contribution in [3.63, 3.8) is 0 Å². The van der Waals surface area contributed by atoms with Crippen LogP contribution in [0.25, 0.3) is 0 Å². The molecule has 110 valence electrons. The topological polar surface area (TPSA) is 53.7 Å². The van der Waals surface area contributed by atoms with Crippen LogP contribution >= 0.6 is 0 Å². The molecule has 3 rings (SSSR count). The van der Waals surface area contributed by atoms with Gasteiger partial charge in [-0.05, 0) is 31.4 Å². The Morgan fingerprint density at radius 3 is 2.80 bits per heavy atom. The number of rotatable bonds is 2. The summed E-state index contributed by atoms with van der Waals surface area (Å²) < 4.78 is 17.7. The van der Waals surface area contributed by atoms with Gasteiger partial charge in [0.25, 0.3) is 0 Å². The first kappa shape index (κ1) is 13.7. The van der Waals surface area contributed by atoms with E-state index in [1.165, 1.54) is 0 Å². The SMILES string of the molecule is Cc1cccc(N)c1OC1CCOC2(CCOCC2)C1. The van der Waals surface area contributed by atoms with Crippen molar-refractivity contribution in [3.05, 3.63) is 23.8 Å². The van der Waals surface area contributed by atoms with E-state index in [-0.39, 0.29) is 11.7 Å². The first-order valence-corrected chi connectivity index (χ1v) is 7.42. The van der Waals surface area contributed by atoms with Gasteiger partial charge in [0.2, 0.25) is 0 Å². The maximum absolute atomic E-state index is 6.20. The van der Waals surface area contributed by atoms with E-state index in [9.17, 15) is 0 Å². The van der Waals surface area contributed by atoms with Gasteiger partial charge < -0.3 is 19.9 Å². The quantitative estimate of drug-likeness (QED) is 0.844. The highest BCUT2D eigenvalue weighted by Gasteiger charge is 2.40. The Balaban J connectivity index is 1.71. The second-order valence-electron chi connectivity index (χ2n) is 5.87. The summed E-state index contributed by atoms with van der Waals surface area (Å²) in [6.45, 7) is 4.38. The molecule has 2 N–H and O–H groups in total. The molecule has 1 atom stereocenters. The lowest BCUT2D eigenvalue weighted by Crippen LogP contribution is -2.47. The third kappa shape index (κ3) is 2.76. The first-order valence-electron chi connectivity index (χ1n) is 7.42. The molecule has 1 unspecified atom stereocenters. The molecule has 0 aromatic heterocycles. The molecule has 1 aromatic carbocycles. The van der Waals surface area contributed by atoms with E-state index in [2.05, 4.69) is 0 Å². The van der Waals surface area contributed by atoms with Gasteiger partial charge >= 0.3 is 0 Å². The van der Waals surface area contributed by atoms with Crippen LogP contribution in [0.2, 0.25) is 0 Å². The van der Waals surface area contributed by atoms with E-state index in [1.54, 1.807) is 0 Å². The maximum atomic E-state index is 6.20. The van der Waals surface area contributed by atoms with E-state index >= 15 is 0 Å². The molecule has 0 aliphatic carbocycles. The summed E-state index contributed by atoms with van der Waals surface area (Å²) in [7, 11) is 0. The molecular formula is C16H23NO3. The average molecular weight is 277 g/mol. The molecule has 20 heavy (non-hydrogen) atoms. The third-order valence-electron chi connectivity index (χ3n) is 4.38. The Kier molecular flexibility index (Phi) is 3.85. The van der Waals surface area contributed by atoms with Gasteiger partial charge in [-0.1, -0.05) is 12.1 Å². The predicted octanol–water partition coefficient (Wildman–Crippen LogP) is 2.68. The van der Waals surface area contributed by atoms with E-state index < -0.39 is 0 Å². The van der Waals surface area contributed by atoms with Crippen molar-refractivity contribution in [2.24, 2.45) is 0 Å². The van der Waals surface area contributed by atoms with Crippen LogP contribution in [-0.4, -0.2) is 31.5 Å². The molecule has 2 fully saturated rings. The number of para-hydroxylation sites is 1. The number of nitrogens with two attached hydrogens (primary N) is 1. The third-order valence-corrected chi connectivity index (χ3v) is 4.38. The number of benzene rings is 1. The molecule has 2 aliphatic heterocycles. The smallest absolute Gasteiger partial charge is 0.145 e. The van der Waals surface area contributed by atoms with E-state index in [0.717, 1.165) is 62.5 Å². The van der Waals surface area contributed by atoms with Crippen LogP contribution in [0.1, 0.15) is 31.2 Å². The van der Waals surface area contributed by atoms with Gasteiger partial charge in [0, 0.05) is 26.1 Å². The average Bonchev–Trinajstić information content (AvgIpc) is 2.44. The largest absolute Gasteiger partial charge is 0.488 e. The van der Waals surface area contributed by atoms with Crippen LogP contribution < -0.4 is 10.5 Å². The van der Waals surface area contributed by atoms with Gasteiger partial charge in [0.15, 0.2) is 0 Å². The van der Waals surface area contributed by atoms with Crippen molar-refractivity contribution in [3.8, 4) is 5.75 Å². The van der Waals surface area contributed by atoms with Crippen LogP contribution in [0.15, 0.2) is 18.2 Å². The molecule has 1 spiro atoms. The van der Waals surface area contributed by atoms with Gasteiger partial charge in [0.05, 0.1) is 17.9 Å². The maximum Gasteiger partial charge on any atom is 0.145 e. The Morgan fingerprint density at radius 2 is 2.05 bits per heavy atom. The lowest BCUT2D eigenvalue weighted by molar-refractivity contribution is -0.155. The highest BCUT2D eigenvalue weighted by molar-refractivity contribution is 5.56. The van der Waals surface area contributed by atoms with Crippen molar-refractivity contribution >= 4 is 5.69 Å². The van der Waals surface area contributed by atoms with Crippen LogP contribution in [0.3, 0.4) is 0 Å². The van der Waals surface area contributed by atoms with E-state index in [4.69, 9.17) is 19.9 Å². The number of hydrogen-bond acceptors (Lipinski definition) is 4. The lowest BCUT2D eigenvalue weighted by Gasteiger charge is -2.43. The summed E-state index contributed by atoms with van der Waals surface area (Å²) in [5.74, 6) is 0.835. The molecule has 0 radical (unpaired) electrons. The molecule has 0 bridgehead atoms. The highest BCUT2D eigenvalue weighted by Crippen LogP contribution is 2.37. The van der Waals surface area contributed by atoms with Gasteiger partial charge in [-0.2, -0.15) is 0 Å². The number of anilines is 1. The second kappa shape index (κ2) is 5.62. The lowest BCUT2D eigenvalue weighted by atomic mass is 9.85. The molecule has 2 aliphatic rings. The summed E-state index contributed by atoms with van der Waals surface area (Å²) in [5, 5.41) is 0. The standard InChI is InChI=1S/C16H23NO3/c1-12-3-2-4-14(17)15(12)20-13-5-8-19-16(11-13)6-9-18-10-7-16/h2-4,13H,5-11,17H2,1H3. The summed E-state index contributed by atoms with van der Waals surface area (Å²) in [5.41, 5.74) is 7.80. The fourth-order valence-electron chi connectivity index (χ4n) is 3.18. The summed E-state index contributed by atoms with van der Waals surface area (Å²) in [6, 6.07) is 5.89. The molecule has 4 nitrogen and oxygen atoms in total. The molecule has 1 aromatic rings. The molecular weight excluding hydrogens is 254 g/mol. The Hall–Kier alpha value is -1.26. The summed E-state index contributed by atoms with van der Waals surface area (Å²) >= 11 is 0. The van der Waals surface area contributed by atoms with Crippen LogP contribution in [0.5, 0.6) is 5.75 Å². The van der Waals surface area contributed by atoms with Crippen molar-refractivity contribution in [1.29, 1.82) is 0 Å². The Bertz CT molecular complexity index is 443.